The van der Waals surface area contributed by atoms with Crippen LogP contribution in [0.3, 0.4) is 0 Å². The summed E-state index contributed by atoms with van der Waals surface area (Å²) in [5.41, 5.74) is 1.70. The highest BCUT2D eigenvalue weighted by atomic mass is 35.5. The molecule has 0 aromatic heterocycles. The number of rotatable bonds is 3. The van der Waals surface area contributed by atoms with Gasteiger partial charge in [0.1, 0.15) is 0 Å². The van der Waals surface area contributed by atoms with Crippen molar-refractivity contribution in [2.24, 2.45) is 0 Å². The highest BCUT2D eigenvalue weighted by Gasteiger charge is 2.04. The van der Waals surface area contributed by atoms with E-state index in [0.717, 1.165) is 12.0 Å². The third-order valence-corrected chi connectivity index (χ3v) is 2.24. The van der Waals surface area contributed by atoms with E-state index in [1.165, 1.54) is 0 Å². The van der Waals surface area contributed by atoms with Gasteiger partial charge in [-0.1, -0.05) is 24.6 Å². The van der Waals surface area contributed by atoms with Crippen LogP contribution >= 0.6 is 11.6 Å². The van der Waals surface area contributed by atoms with Gasteiger partial charge in [0.2, 0.25) is 0 Å². The van der Waals surface area contributed by atoms with Gasteiger partial charge in [-0.15, -0.1) is 0 Å². The zero-order valence-corrected chi connectivity index (χ0v) is 9.69. The normalized spacial score (nSPS) is 9.80. The lowest BCUT2D eigenvalue weighted by atomic mass is 10.2. The van der Waals surface area contributed by atoms with Crippen LogP contribution in [0.4, 0.5) is 10.5 Å². The van der Waals surface area contributed by atoms with Gasteiger partial charge in [0.15, 0.2) is 0 Å². The van der Waals surface area contributed by atoms with E-state index in [2.05, 4.69) is 10.6 Å². The van der Waals surface area contributed by atoms with Crippen LogP contribution in [0.15, 0.2) is 18.2 Å². The number of carbonyl (C=O) groups excluding carboxylic acids is 1. The van der Waals surface area contributed by atoms with Crippen LogP contribution in [0.1, 0.15) is 18.9 Å². The summed E-state index contributed by atoms with van der Waals surface area (Å²) in [5, 5.41) is 5.97. The van der Waals surface area contributed by atoms with E-state index in [-0.39, 0.29) is 6.03 Å². The standard InChI is InChI=1S/C11H15ClN2O/c1-3-6-13-11(15)14-10-7-8(2)4-5-9(10)12/h4-5,7H,3,6H2,1-2H3,(H2,13,14,15). The third-order valence-electron chi connectivity index (χ3n) is 1.91. The van der Waals surface area contributed by atoms with Crippen LogP contribution in [0.5, 0.6) is 0 Å². The summed E-state index contributed by atoms with van der Waals surface area (Å²) >= 11 is 5.93. The molecule has 0 spiro atoms. The Morgan fingerprint density at radius 2 is 2.20 bits per heavy atom. The Morgan fingerprint density at radius 1 is 1.47 bits per heavy atom. The van der Waals surface area contributed by atoms with Crippen molar-refractivity contribution in [3.05, 3.63) is 28.8 Å². The SMILES string of the molecule is CCCNC(=O)Nc1cc(C)ccc1Cl. The summed E-state index contributed by atoms with van der Waals surface area (Å²) in [7, 11) is 0. The van der Waals surface area contributed by atoms with Crippen molar-refractivity contribution in [3.63, 3.8) is 0 Å². The molecule has 2 amide bonds. The monoisotopic (exact) mass is 226 g/mol. The Morgan fingerprint density at radius 3 is 2.87 bits per heavy atom. The van der Waals surface area contributed by atoms with Crippen LogP contribution in [0.2, 0.25) is 5.02 Å². The number of halogens is 1. The molecule has 1 rings (SSSR count). The Labute approximate surface area is 94.8 Å². The summed E-state index contributed by atoms with van der Waals surface area (Å²) in [5.74, 6) is 0. The summed E-state index contributed by atoms with van der Waals surface area (Å²) in [4.78, 5) is 11.4. The van der Waals surface area contributed by atoms with Gasteiger partial charge in [-0.2, -0.15) is 0 Å². The molecule has 0 unspecified atom stereocenters. The molecule has 0 aliphatic rings. The molecule has 0 fully saturated rings. The molecule has 0 heterocycles. The van der Waals surface area contributed by atoms with Gasteiger partial charge in [0.25, 0.3) is 0 Å². The molecule has 1 aromatic rings. The topological polar surface area (TPSA) is 41.1 Å². The minimum Gasteiger partial charge on any atom is -0.338 e. The number of hydrogen-bond acceptors (Lipinski definition) is 1. The number of hydrogen-bond donors (Lipinski definition) is 2. The lowest BCUT2D eigenvalue weighted by Crippen LogP contribution is -2.29. The van der Waals surface area contributed by atoms with Crippen LogP contribution in [-0.2, 0) is 0 Å². The zero-order chi connectivity index (χ0) is 11.3. The van der Waals surface area contributed by atoms with E-state index in [9.17, 15) is 4.79 Å². The van der Waals surface area contributed by atoms with E-state index >= 15 is 0 Å². The van der Waals surface area contributed by atoms with Gasteiger partial charge in [0.05, 0.1) is 10.7 Å². The number of amides is 2. The van der Waals surface area contributed by atoms with Crippen molar-refractivity contribution in [1.29, 1.82) is 0 Å². The van der Waals surface area contributed by atoms with Crippen molar-refractivity contribution >= 4 is 23.3 Å². The van der Waals surface area contributed by atoms with Crippen LogP contribution in [0, 0.1) is 6.92 Å². The number of nitrogens with one attached hydrogen (secondary N) is 2. The number of benzene rings is 1. The Bertz CT molecular complexity index is 352. The van der Waals surface area contributed by atoms with Gasteiger partial charge in [-0.25, -0.2) is 4.79 Å². The maximum atomic E-state index is 11.4. The van der Waals surface area contributed by atoms with E-state index in [4.69, 9.17) is 11.6 Å². The second-order valence-corrected chi connectivity index (χ2v) is 3.77. The molecule has 4 heteroatoms. The molecule has 0 aliphatic heterocycles. The van der Waals surface area contributed by atoms with Crippen LogP contribution in [-0.4, -0.2) is 12.6 Å². The first-order chi connectivity index (χ1) is 7.13. The van der Waals surface area contributed by atoms with Gasteiger partial charge in [-0.3, -0.25) is 0 Å². The molecule has 0 aliphatic carbocycles. The lowest BCUT2D eigenvalue weighted by molar-refractivity contribution is 0.252. The summed E-state index contributed by atoms with van der Waals surface area (Å²) in [6.45, 7) is 4.61. The molecular formula is C11H15ClN2O. The fourth-order valence-corrected chi connectivity index (χ4v) is 1.30. The first kappa shape index (κ1) is 11.9. The van der Waals surface area contributed by atoms with Crippen molar-refractivity contribution in [2.75, 3.05) is 11.9 Å². The van der Waals surface area contributed by atoms with Crippen molar-refractivity contribution in [1.82, 2.24) is 5.32 Å². The van der Waals surface area contributed by atoms with E-state index < -0.39 is 0 Å². The predicted molar refractivity (Wildman–Crippen MR) is 63.5 cm³/mol. The average Bonchev–Trinajstić information content (AvgIpc) is 2.20. The van der Waals surface area contributed by atoms with Gasteiger partial charge >= 0.3 is 6.03 Å². The number of urea groups is 1. The smallest absolute Gasteiger partial charge is 0.319 e. The average molecular weight is 227 g/mol. The highest BCUT2D eigenvalue weighted by molar-refractivity contribution is 6.33. The maximum Gasteiger partial charge on any atom is 0.319 e. The third kappa shape index (κ3) is 3.80. The Kier molecular flexibility index (Phi) is 4.43. The lowest BCUT2D eigenvalue weighted by Gasteiger charge is -2.08. The first-order valence-electron chi connectivity index (χ1n) is 4.94. The summed E-state index contributed by atoms with van der Waals surface area (Å²) in [6, 6.07) is 5.29. The number of carbonyl (C=O) groups is 1. The molecule has 82 valence electrons. The molecule has 3 nitrogen and oxygen atoms in total. The van der Waals surface area contributed by atoms with E-state index in [1.54, 1.807) is 6.07 Å². The van der Waals surface area contributed by atoms with Crippen molar-refractivity contribution in [3.8, 4) is 0 Å². The quantitative estimate of drug-likeness (QED) is 0.817. The Hall–Kier alpha value is -1.22. The molecule has 0 atom stereocenters. The summed E-state index contributed by atoms with van der Waals surface area (Å²) in [6.07, 6.45) is 0.912. The van der Waals surface area contributed by atoms with E-state index in [0.29, 0.717) is 17.3 Å². The summed E-state index contributed by atoms with van der Waals surface area (Å²) < 4.78 is 0. The van der Waals surface area contributed by atoms with Gasteiger partial charge < -0.3 is 10.6 Å². The molecule has 15 heavy (non-hydrogen) atoms. The van der Waals surface area contributed by atoms with Crippen molar-refractivity contribution in [2.45, 2.75) is 20.3 Å². The van der Waals surface area contributed by atoms with Crippen LogP contribution in [0.25, 0.3) is 0 Å². The van der Waals surface area contributed by atoms with E-state index in [1.807, 2.05) is 26.0 Å². The Balaban J connectivity index is 2.63. The minimum absolute atomic E-state index is 0.218. The number of aryl methyl sites for hydroxylation is 1. The minimum atomic E-state index is -0.218. The van der Waals surface area contributed by atoms with Crippen molar-refractivity contribution < 1.29 is 4.79 Å². The second-order valence-electron chi connectivity index (χ2n) is 3.36. The van der Waals surface area contributed by atoms with Gasteiger partial charge in [-0.05, 0) is 31.0 Å². The predicted octanol–water partition coefficient (Wildman–Crippen LogP) is 3.18. The zero-order valence-electron chi connectivity index (χ0n) is 8.93. The molecule has 0 bridgehead atoms. The molecule has 2 N–H and O–H groups in total. The van der Waals surface area contributed by atoms with Gasteiger partial charge in [0, 0.05) is 6.54 Å². The highest BCUT2D eigenvalue weighted by Crippen LogP contribution is 2.22. The fraction of sp³-hybridized carbons (Fsp3) is 0.364. The molecular weight excluding hydrogens is 212 g/mol. The number of anilines is 1. The maximum absolute atomic E-state index is 11.4. The molecule has 0 saturated carbocycles. The van der Waals surface area contributed by atoms with Crippen LogP contribution < -0.4 is 10.6 Å². The molecule has 0 saturated heterocycles. The second kappa shape index (κ2) is 5.61. The first-order valence-corrected chi connectivity index (χ1v) is 5.32. The largest absolute Gasteiger partial charge is 0.338 e. The fourth-order valence-electron chi connectivity index (χ4n) is 1.14. The molecule has 0 radical (unpaired) electrons. The molecule has 1 aromatic carbocycles.